The second-order valence-electron chi connectivity index (χ2n) is 2.68. The van der Waals surface area contributed by atoms with Crippen LogP contribution in [0, 0.1) is 10.1 Å². The number of halogens is 1. The van der Waals surface area contributed by atoms with Gasteiger partial charge < -0.3 is 4.74 Å². The van der Waals surface area contributed by atoms with Crippen molar-refractivity contribution in [2.24, 2.45) is 0 Å². The van der Waals surface area contributed by atoms with E-state index in [0.29, 0.717) is 4.47 Å². The summed E-state index contributed by atoms with van der Waals surface area (Å²) >= 11 is 3.09. The number of esters is 1. The Labute approximate surface area is 94.3 Å². The Morgan fingerprint density at radius 3 is 2.73 bits per heavy atom. The van der Waals surface area contributed by atoms with Gasteiger partial charge in [-0.1, -0.05) is 15.9 Å². The monoisotopic (exact) mass is 273 g/mol. The molecule has 1 rings (SSSR count). The van der Waals surface area contributed by atoms with Gasteiger partial charge in [0.2, 0.25) is 0 Å². The van der Waals surface area contributed by atoms with E-state index in [4.69, 9.17) is 4.74 Å². The number of ether oxygens (including phenoxy) is 1. The van der Waals surface area contributed by atoms with Crippen molar-refractivity contribution in [2.45, 2.75) is 6.92 Å². The SMILES string of the molecule is CCOC(=O)c1cc(Br)cc([N+](=O)[O-])c1. The molecule has 0 fully saturated rings. The van der Waals surface area contributed by atoms with Crippen molar-refractivity contribution < 1.29 is 14.5 Å². The number of carbonyl (C=O) groups is 1. The third kappa shape index (κ3) is 3.02. The van der Waals surface area contributed by atoms with Crippen LogP contribution in [0.2, 0.25) is 0 Å². The van der Waals surface area contributed by atoms with Gasteiger partial charge in [-0.2, -0.15) is 0 Å². The van der Waals surface area contributed by atoms with E-state index in [9.17, 15) is 14.9 Å². The molecule has 80 valence electrons. The number of carbonyl (C=O) groups excluding carboxylic acids is 1. The van der Waals surface area contributed by atoms with Crippen molar-refractivity contribution in [1.29, 1.82) is 0 Å². The lowest BCUT2D eigenvalue weighted by Crippen LogP contribution is -2.05. The van der Waals surface area contributed by atoms with Crippen molar-refractivity contribution in [1.82, 2.24) is 0 Å². The third-order valence-corrected chi connectivity index (χ3v) is 2.06. The fourth-order valence-corrected chi connectivity index (χ4v) is 1.49. The van der Waals surface area contributed by atoms with Gasteiger partial charge >= 0.3 is 5.97 Å². The normalized spacial score (nSPS) is 9.73. The maximum Gasteiger partial charge on any atom is 0.338 e. The van der Waals surface area contributed by atoms with Crippen LogP contribution < -0.4 is 0 Å². The fourth-order valence-electron chi connectivity index (χ4n) is 1.01. The zero-order chi connectivity index (χ0) is 11.4. The predicted octanol–water partition coefficient (Wildman–Crippen LogP) is 2.53. The lowest BCUT2D eigenvalue weighted by Gasteiger charge is -2.02. The molecule has 0 aliphatic carbocycles. The maximum atomic E-state index is 11.3. The molecular weight excluding hydrogens is 266 g/mol. The standard InChI is InChI=1S/C9H8BrNO4/c1-2-15-9(12)6-3-7(10)5-8(4-6)11(13)14/h3-5H,2H2,1H3. The Bertz CT molecular complexity index is 405. The largest absolute Gasteiger partial charge is 0.462 e. The highest BCUT2D eigenvalue weighted by Crippen LogP contribution is 2.21. The average Bonchev–Trinajstić information content (AvgIpc) is 2.17. The predicted molar refractivity (Wildman–Crippen MR) is 56.8 cm³/mol. The number of benzene rings is 1. The van der Waals surface area contributed by atoms with Crippen LogP contribution in [0.4, 0.5) is 5.69 Å². The number of rotatable bonds is 3. The minimum atomic E-state index is -0.568. The molecule has 0 amide bonds. The molecule has 0 atom stereocenters. The number of hydrogen-bond acceptors (Lipinski definition) is 4. The van der Waals surface area contributed by atoms with Crippen LogP contribution in [0.25, 0.3) is 0 Å². The molecule has 0 saturated carbocycles. The van der Waals surface area contributed by atoms with Gasteiger partial charge in [0.05, 0.1) is 17.1 Å². The van der Waals surface area contributed by atoms with E-state index in [1.807, 2.05) is 0 Å². The van der Waals surface area contributed by atoms with Crippen LogP contribution in [0.5, 0.6) is 0 Å². The summed E-state index contributed by atoms with van der Waals surface area (Å²) in [5.74, 6) is -0.568. The minimum absolute atomic E-state index is 0.146. The van der Waals surface area contributed by atoms with Crippen LogP contribution in [0.1, 0.15) is 17.3 Å². The van der Waals surface area contributed by atoms with E-state index in [-0.39, 0.29) is 17.9 Å². The van der Waals surface area contributed by atoms with Gasteiger partial charge in [-0.3, -0.25) is 10.1 Å². The van der Waals surface area contributed by atoms with Gasteiger partial charge in [-0.15, -0.1) is 0 Å². The molecule has 0 radical (unpaired) electrons. The van der Waals surface area contributed by atoms with Crippen LogP contribution in [0.3, 0.4) is 0 Å². The summed E-state index contributed by atoms with van der Waals surface area (Å²) in [5.41, 5.74) is 0.0188. The van der Waals surface area contributed by atoms with Gasteiger partial charge in [0.25, 0.3) is 5.69 Å². The Morgan fingerprint density at radius 2 is 2.20 bits per heavy atom. The highest BCUT2D eigenvalue weighted by Gasteiger charge is 2.14. The third-order valence-electron chi connectivity index (χ3n) is 1.60. The van der Waals surface area contributed by atoms with E-state index >= 15 is 0 Å². The first-order valence-electron chi connectivity index (χ1n) is 4.16. The molecule has 6 heteroatoms. The summed E-state index contributed by atoms with van der Waals surface area (Å²) < 4.78 is 5.21. The zero-order valence-corrected chi connectivity index (χ0v) is 9.48. The molecule has 0 spiro atoms. The molecular formula is C9H8BrNO4. The average molecular weight is 274 g/mol. The number of hydrogen-bond donors (Lipinski definition) is 0. The minimum Gasteiger partial charge on any atom is -0.462 e. The molecule has 0 aromatic heterocycles. The second-order valence-corrected chi connectivity index (χ2v) is 3.59. The molecule has 0 bridgehead atoms. The molecule has 0 saturated heterocycles. The van der Waals surface area contributed by atoms with E-state index < -0.39 is 10.9 Å². The van der Waals surface area contributed by atoms with Crippen LogP contribution >= 0.6 is 15.9 Å². The molecule has 0 unspecified atom stereocenters. The number of nitro groups is 1. The summed E-state index contributed by atoms with van der Waals surface area (Å²) in [6.07, 6.45) is 0. The quantitative estimate of drug-likeness (QED) is 0.482. The van der Waals surface area contributed by atoms with Gasteiger partial charge in [-0.05, 0) is 13.0 Å². The number of nitro benzene ring substituents is 1. The zero-order valence-electron chi connectivity index (χ0n) is 7.90. The van der Waals surface area contributed by atoms with Crippen molar-refractivity contribution >= 4 is 27.6 Å². The van der Waals surface area contributed by atoms with E-state index in [1.54, 1.807) is 6.92 Å². The first-order valence-corrected chi connectivity index (χ1v) is 4.96. The van der Waals surface area contributed by atoms with E-state index in [1.165, 1.54) is 18.2 Å². The van der Waals surface area contributed by atoms with Crippen LogP contribution in [-0.4, -0.2) is 17.5 Å². The second kappa shape index (κ2) is 4.88. The number of non-ortho nitro benzene ring substituents is 1. The topological polar surface area (TPSA) is 69.4 Å². The van der Waals surface area contributed by atoms with Crippen LogP contribution in [-0.2, 0) is 4.74 Å². The lowest BCUT2D eigenvalue weighted by molar-refractivity contribution is -0.385. The van der Waals surface area contributed by atoms with E-state index in [0.717, 1.165) is 0 Å². The Morgan fingerprint density at radius 1 is 1.53 bits per heavy atom. The van der Waals surface area contributed by atoms with Gasteiger partial charge in [0.15, 0.2) is 0 Å². The van der Waals surface area contributed by atoms with Gasteiger partial charge in [0, 0.05) is 16.6 Å². The summed E-state index contributed by atoms with van der Waals surface area (Å²) in [4.78, 5) is 21.3. The van der Waals surface area contributed by atoms with E-state index in [2.05, 4.69) is 15.9 Å². The molecule has 5 nitrogen and oxygen atoms in total. The lowest BCUT2D eigenvalue weighted by atomic mass is 10.2. The summed E-state index contributed by atoms with van der Waals surface area (Å²) in [6, 6.07) is 3.98. The first-order chi connectivity index (χ1) is 7.04. The summed E-state index contributed by atoms with van der Waals surface area (Å²) in [5, 5.41) is 10.5. The maximum absolute atomic E-state index is 11.3. The van der Waals surface area contributed by atoms with Crippen molar-refractivity contribution in [2.75, 3.05) is 6.61 Å². The van der Waals surface area contributed by atoms with Crippen molar-refractivity contribution in [3.63, 3.8) is 0 Å². The molecule has 0 N–H and O–H groups in total. The smallest absolute Gasteiger partial charge is 0.338 e. The fraction of sp³-hybridized carbons (Fsp3) is 0.222. The summed E-state index contributed by atoms with van der Waals surface area (Å²) in [7, 11) is 0. The molecule has 0 aliphatic rings. The molecule has 0 aliphatic heterocycles. The summed E-state index contributed by atoms with van der Waals surface area (Å²) in [6.45, 7) is 1.91. The van der Waals surface area contributed by atoms with Gasteiger partial charge in [0.1, 0.15) is 0 Å². The molecule has 1 aromatic rings. The van der Waals surface area contributed by atoms with Gasteiger partial charge in [-0.25, -0.2) is 4.79 Å². The highest BCUT2D eigenvalue weighted by atomic mass is 79.9. The first kappa shape index (κ1) is 11.6. The Balaban J connectivity index is 3.09. The Hall–Kier alpha value is -1.43. The molecule has 15 heavy (non-hydrogen) atoms. The van der Waals surface area contributed by atoms with Crippen molar-refractivity contribution in [3.8, 4) is 0 Å². The number of nitrogens with zero attached hydrogens (tertiary/aromatic N) is 1. The highest BCUT2D eigenvalue weighted by molar-refractivity contribution is 9.10. The van der Waals surface area contributed by atoms with Crippen molar-refractivity contribution in [3.05, 3.63) is 38.3 Å². The Kier molecular flexibility index (Phi) is 3.79. The van der Waals surface area contributed by atoms with Crippen LogP contribution in [0.15, 0.2) is 22.7 Å². The molecule has 1 aromatic carbocycles. The molecule has 0 heterocycles.